The second-order valence-corrected chi connectivity index (χ2v) is 17.5. The van der Waals surface area contributed by atoms with Gasteiger partial charge in [-0.05, 0) is 78.6 Å². The standard InChI is InChI=1S/C46H63Cl2N11O9S/c1-69-23-17-36(43(65)56-35(8-5-20-52-46(50)51)42(64)58-38(45(67)68)26-29-6-3-2-4-7-29)57-44(66)37(25-31-9-13-32(14-10-31)59(21-18-47)22-19-48)55-40(62)28-53-39(61)27-54-41(63)34(49)24-30-11-15-33(60)16-12-30/h2-4,6-7,9-16,34-38,60H,5,8,17-28,49H2,1H3,(H,53,61)(H,54,63)(H,55,62)(H,56,65)(H,57,66)(H,58,64)(H,67,68)(H4,50,51,52)/t34-,35-,36-,37-,38-/m0/s1. The van der Waals surface area contributed by atoms with Crippen LogP contribution in [0.25, 0.3) is 0 Å². The van der Waals surface area contributed by atoms with E-state index >= 15 is 0 Å². The summed E-state index contributed by atoms with van der Waals surface area (Å²) >= 11 is 13.4. The molecule has 6 amide bonds. The number of aromatic hydroxyl groups is 1. The maximum Gasteiger partial charge on any atom is 0.326 e. The number of guanidine groups is 1. The maximum atomic E-state index is 14.2. The van der Waals surface area contributed by atoms with Gasteiger partial charge >= 0.3 is 5.97 Å². The zero-order chi connectivity index (χ0) is 50.7. The number of nitrogens with two attached hydrogens (primary N) is 3. The number of halogens is 2. The first-order chi connectivity index (χ1) is 33.0. The van der Waals surface area contributed by atoms with Crippen molar-refractivity contribution < 1.29 is 43.8 Å². The number of hydrogen-bond donors (Lipinski definition) is 11. The minimum atomic E-state index is -1.34. The predicted octanol–water partition coefficient (Wildman–Crippen LogP) is 0.0943. The Morgan fingerprint density at radius 3 is 1.75 bits per heavy atom. The van der Waals surface area contributed by atoms with Crippen molar-refractivity contribution in [1.82, 2.24) is 31.9 Å². The Morgan fingerprint density at radius 1 is 0.652 bits per heavy atom. The summed E-state index contributed by atoms with van der Waals surface area (Å²) in [5, 5.41) is 34.9. The Labute approximate surface area is 415 Å². The average molecular weight is 1020 g/mol. The van der Waals surface area contributed by atoms with Crippen molar-refractivity contribution in [3.05, 3.63) is 95.6 Å². The van der Waals surface area contributed by atoms with Crippen LogP contribution in [0.4, 0.5) is 5.69 Å². The fourth-order valence-corrected chi connectivity index (χ4v) is 7.65. The van der Waals surface area contributed by atoms with E-state index in [4.69, 9.17) is 40.4 Å². The van der Waals surface area contributed by atoms with Gasteiger partial charge in [-0.2, -0.15) is 11.8 Å². The summed E-state index contributed by atoms with van der Waals surface area (Å²) in [6.45, 7) is 0.0783. The molecule has 376 valence electrons. The lowest BCUT2D eigenvalue weighted by molar-refractivity contribution is -0.142. The Morgan fingerprint density at radius 2 is 1.17 bits per heavy atom. The molecule has 0 aliphatic carbocycles. The molecule has 3 aromatic carbocycles. The average Bonchev–Trinajstić information content (AvgIpc) is 3.32. The van der Waals surface area contributed by atoms with E-state index in [1.807, 2.05) is 17.0 Å². The number of phenols is 1. The molecule has 0 saturated heterocycles. The minimum absolute atomic E-state index is 0.000867. The smallest absolute Gasteiger partial charge is 0.326 e. The second kappa shape index (κ2) is 31.0. The zero-order valence-corrected chi connectivity index (χ0v) is 40.7. The number of carbonyl (C=O) groups is 7. The molecule has 14 N–H and O–H groups in total. The number of alkyl halides is 2. The van der Waals surface area contributed by atoms with Crippen LogP contribution in [0.3, 0.4) is 0 Å². The number of nitrogens with zero attached hydrogens (tertiary/aromatic N) is 2. The van der Waals surface area contributed by atoms with Crippen LogP contribution < -0.4 is 54.0 Å². The summed E-state index contributed by atoms with van der Waals surface area (Å²) in [4.78, 5) is 98.9. The van der Waals surface area contributed by atoms with Crippen molar-refractivity contribution in [3.8, 4) is 5.75 Å². The number of nitrogens with one attached hydrogen (secondary N) is 6. The molecule has 69 heavy (non-hydrogen) atoms. The van der Waals surface area contributed by atoms with E-state index < -0.39 is 84.7 Å². The van der Waals surface area contributed by atoms with Crippen LogP contribution in [-0.2, 0) is 52.8 Å². The molecule has 0 aromatic heterocycles. The largest absolute Gasteiger partial charge is 0.508 e. The summed E-state index contributed by atoms with van der Waals surface area (Å²) < 4.78 is 0. The van der Waals surface area contributed by atoms with E-state index in [9.17, 15) is 43.8 Å². The Hall–Kier alpha value is -6.29. The van der Waals surface area contributed by atoms with Crippen LogP contribution in [0.1, 0.15) is 36.0 Å². The van der Waals surface area contributed by atoms with Gasteiger partial charge in [-0.3, -0.25) is 33.8 Å². The van der Waals surface area contributed by atoms with Crippen LogP contribution in [0.5, 0.6) is 5.75 Å². The number of hydrogen-bond acceptors (Lipinski definition) is 12. The second-order valence-electron chi connectivity index (χ2n) is 15.8. The van der Waals surface area contributed by atoms with Crippen LogP contribution in [0.2, 0.25) is 0 Å². The molecule has 0 bridgehead atoms. The third kappa shape index (κ3) is 21.7. The lowest BCUT2D eigenvalue weighted by atomic mass is 10.0. The Balaban J connectivity index is 1.80. The molecule has 3 rings (SSSR count). The molecule has 3 aromatic rings. The van der Waals surface area contributed by atoms with Gasteiger partial charge in [0.25, 0.3) is 0 Å². The number of benzene rings is 3. The molecule has 5 atom stereocenters. The lowest BCUT2D eigenvalue weighted by Gasteiger charge is -2.26. The van der Waals surface area contributed by atoms with E-state index in [-0.39, 0.29) is 56.8 Å². The van der Waals surface area contributed by atoms with E-state index in [0.717, 1.165) is 5.69 Å². The molecule has 23 heteroatoms. The van der Waals surface area contributed by atoms with Crippen LogP contribution in [0.15, 0.2) is 83.9 Å². The van der Waals surface area contributed by atoms with Gasteiger partial charge in [-0.15, -0.1) is 23.2 Å². The number of rotatable bonds is 31. The molecule has 20 nitrogen and oxygen atoms in total. The highest BCUT2D eigenvalue weighted by molar-refractivity contribution is 7.98. The number of carboxylic acid groups (broad SMARTS) is 1. The lowest BCUT2D eigenvalue weighted by Crippen LogP contribution is -2.58. The fraction of sp³-hybridized carbons (Fsp3) is 0.435. The number of aliphatic imine (C=N–C) groups is 1. The summed E-state index contributed by atoms with van der Waals surface area (Å²) in [7, 11) is 0. The Kier molecular flexibility index (Phi) is 25.6. The third-order valence-electron chi connectivity index (χ3n) is 10.4. The van der Waals surface area contributed by atoms with Crippen molar-refractivity contribution in [3.63, 3.8) is 0 Å². The highest BCUT2D eigenvalue weighted by Crippen LogP contribution is 2.18. The third-order valence-corrected chi connectivity index (χ3v) is 11.4. The van der Waals surface area contributed by atoms with Gasteiger partial charge < -0.3 is 64.2 Å². The predicted molar refractivity (Wildman–Crippen MR) is 268 cm³/mol. The molecule has 0 saturated carbocycles. The molecule has 0 radical (unpaired) electrons. The van der Waals surface area contributed by atoms with Gasteiger partial charge in [0.2, 0.25) is 35.4 Å². The van der Waals surface area contributed by atoms with Crippen molar-refractivity contribution in [2.75, 3.05) is 61.4 Å². The molecular weight excluding hydrogens is 954 g/mol. The van der Waals surface area contributed by atoms with Crippen LogP contribution in [0, 0.1) is 0 Å². The molecule has 0 heterocycles. The number of carboxylic acids is 1. The molecule has 0 aliphatic heterocycles. The summed E-state index contributed by atoms with van der Waals surface area (Å²) in [5.74, 6) is -4.71. The van der Waals surface area contributed by atoms with Crippen molar-refractivity contribution in [2.45, 2.75) is 68.7 Å². The monoisotopic (exact) mass is 1020 g/mol. The van der Waals surface area contributed by atoms with E-state index in [2.05, 4.69) is 36.9 Å². The number of phenolic OH excluding ortho intramolecular Hbond substituents is 1. The topological polar surface area (TPSA) is 326 Å². The van der Waals surface area contributed by atoms with Crippen LogP contribution >= 0.6 is 35.0 Å². The van der Waals surface area contributed by atoms with Gasteiger partial charge in [0.15, 0.2) is 5.96 Å². The van der Waals surface area contributed by atoms with E-state index in [0.29, 0.717) is 47.3 Å². The van der Waals surface area contributed by atoms with Gasteiger partial charge in [-0.25, -0.2) is 4.79 Å². The molecule has 0 aliphatic rings. The number of aliphatic carboxylic acids is 1. The first-order valence-corrected chi connectivity index (χ1v) is 24.5. The normalized spacial score (nSPS) is 13.0. The molecule has 0 fully saturated rings. The fourth-order valence-electron chi connectivity index (χ4n) is 6.77. The van der Waals surface area contributed by atoms with Crippen LogP contribution in [-0.4, -0.2) is 144 Å². The van der Waals surface area contributed by atoms with Gasteiger partial charge in [0, 0.05) is 49.9 Å². The number of thioether (sulfide) groups is 1. The quantitative estimate of drug-likeness (QED) is 0.0176. The highest BCUT2D eigenvalue weighted by Gasteiger charge is 2.32. The number of carbonyl (C=O) groups excluding carboxylic acids is 6. The van der Waals surface area contributed by atoms with Crippen molar-refractivity contribution in [2.24, 2.45) is 22.2 Å². The number of anilines is 1. The molecule has 0 unspecified atom stereocenters. The number of amides is 6. The van der Waals surface area contributed by atoms with E-state index in [1.54, 1.807) is 60.9 Å². The van der Waals surface area contributed by atoms with Gasteiger partial charge in [0.1, 0.15) is 29.9 Å². The first-order valence-electron chi connectivity index (χ1n) is 22.1. The zero-order valence-electron chi connectivity index (χ0n) is 38.3. The van der Waals surface area contributed by atoms with Crippen molar-refractivity contribution in [1.29, 1.82) is 0 Å². The summed E-state index contributed by atoms with van der Waals surface area (Å²) in [6.07, 6.45) is 2.16. The van der Waals surface area contributed by atoms with Gasteiger partial charge in [0.05, 0.1) is 19.1 Å². The SMILES string of the molecule is CSCC[C@H](NC(=O)[C@H](Cc1ccc(N(CCCl)CCCl)cc1)NC(=O)CNC(=O)CNC(=O)[C@@H](N)Cc1ccc(O)cc1)C(=O)N[C@@H](CCCN=C(N)N)C(=O)N[C@@H](Cc1ccccc1)C(=O)O. The molecular formula is C46H63Cl2N11O9S. The maximum absolute atomic E-state index is 14.2. The van der Waals surface area contributed by atoms with Gasteiger partial charge in [-0.1, -0.05) is 54.6 Å². The highest BCUT2D eigenvalue weighted by atomic mass is 35.5. The molecule has 0 spiro atoms. The first kappa shape index (κ1) is 57.0. The summed E-state index contributed by atoms with van der Waals surface area (Å²) in [6, 6.07) is 15.9. The Bertz CT molecular complexity index is 2150. The van der Waals surface area contributed by atoms with E-state index in [1.165, 1.54) is 23.9 Å². The van der Waals surface area contributed by atoms with Crippen molar-refractivity contribution >= 4 is 88.0 Å². The minimum Gasteiger partial charge on any atom is -0.508 e. The summed E-state index contributed by atoms with van der Waals surface area (Å²) in [5.41, 5.74) is 19.7.